The molecule has 0 amide bonds. The Balaban J connectivity index is 1.43. The highest BCUT2D eigenvalue weighted by molar-refractivity contribution is 5.86. The van der Waals surface area contributed by atoms with Crippen LogP contribution < -0.4 is 5.32 Å². The predicted octanol–water partition coefficient (Wildman–Crippen LogP) is 2.72. The Labute approximate surface area is 112 Å². The van der Waals surface area contributed by atoms with E-state index in [0.717, 1.165) is 36.4 Å². The molecule has 19 heavy (non-hydrogen) atoms. The quantitative estimate of drug-likeness (QED) is 0.784. The van der Waals surface area contributed by atoms with E-state index >= 15 is 0 Å². The van der Waals surface area contributed by atoms with Crippen LogP contribution in [0, 0.1) is 0 Å². The zero-order valence-corrected chi connectivity index (χ0v) is 11.1. The maximum atomic E-state index is 5.83. The van der Waals surface area contributed by atoms with Crippen molar-refractivity contribution in [2.24, 2.45) is 0 Å². The second kappa shape index (κ2) is 6.02. The second-order valence-corrected chi connectivity index (χ2v) is 5.02. The summed E-state index contributed by atoms with van der Waals surface area (Å²) < 4.78 is 5.83. The summed E-state index contributed by atoms with van der Waals surface area (Å²) in [5.74, 6) is 0.895. The molecule has 2 N–H and O–H groups in total. The number of nitrogens with one attached hydrogen (secondary N) is 2. The van der Waals surface area contributed by atoms with Crippen LogP contribution in [0.5, 0.6) is 0 Å². The van der Waals surface area contributed by atoms with E-state index in [1.807, 2.05) is 12.3 Å². The van der Waals surface area contributed by atoms with Gasteiger partial charge in [0.1, 0.15) is 17.8 Å². The lowest BCUT2D eigenvalue weighted by atomic mass is 10.3. The highest BCUT2D eigenvalue weighted by Crippen LogP contribution is 2.21. The Kier molecular flexibility index (Phi) is 3.93. The molecule has 0 unspecified atom stereocenters. The highest BCUT2D eigenvalue weighted by atomic mass is 16.5. The molecule has 3 rings (SSSR count). The normalized spacial score (nSPS) is 16.2. The summed E-state index contributed by atoms with van der Waals surface area (Å²) in [6, 6.07) is 1.99. The third-order valence-corrected chi connectivity index (χ3v) is 3.62. The fourth-order valence-corrected chi connectivity index (χ4v) is 2.60. The van der Waals surface area contributed by atoms with E-state index in [2.05, 4.69) is 20.3 Å². The zero-order chi connectivity index (χ0) is 12.9. The number of ether oxygens (including phenoxy) is 1. The molecule has 0 saturated heterocycles. The van der Waals surface area contributed by atoms with Crippen LogP contribution in [0.3, 0.4) is 0 Å². The largest absolute Gasteiger partial charge is 0.378 e. The minimum Gasteiger partial charge on any atom is -0.378 e. The lowest BCUT2D eigenvalue weighted by molar-refractivity contribution is 0.0583. The van der Waals surface area contributed by atoms with Crippen molar-refractivity contribution < 1.29 is 4.74 Å². The standard InChI is InChI=1S/C14H20N4O/c1-2-5-11(4-1)19-9-3-7-15-13-12-6-8-16-14(12)18-10-17-13/h6,8,10-11H,1-5,7,9H2,(H2,15,16,17,18). The number of anilines is 1. The molecular weight excluding hydrogens is 240 g/mol. The van der Waals surface area contributed by atoms with Crippen molar-refractivity contribution in [2.75, 3.05) is 18.5 Å². The fourth-order valence-electron chi connectivity index (χ4n) is 2.60. The number of hydrogen-bond donors (Lipinski definition) is 2. The molecule has 0 spiro atoms. The van der Waals surface area contributed by atoms with Crippen LogP contribution in [0.2, 0.25) is 0 Å². The summed E-state index contributed by atoms with van der Waals surface area (Å²) in [4.78, 5) is 11.5. The van der Waals surface area contributed by atoms with Gasteiger partial charge in [-0.1, -0.05) is 12.8 Å². The molecule has 1 saturated carbocycles. The van der Waals surface area contributed by atoms with Gasteiger partial charge in [-0.15, -0.1) is 0 Å². The average molecular weight is 260 g/mol. The van der Waals surface area contributed by atoms with Crippen molar-refractivity contribution in [3.8, 4) is 0 Å². The number of nitrogens with zero attached hydrogens (tertiary/aromatic N) is 2. The number of rotatable bonds is 6. The van der Waals surface area contributed by atoms with Crippen molar-refractivity contribution in [3.63, 3.8) is 0 Å². The summed E-state index contributed by atoms with van der Waals surface area (Å²) in [6.45, 7) is 1.71. The molecule has 2 aromatic rings. The maximum absolute atomic E-state index is 5.83. The first kappa shape index (κ1) is 12.4. The van der Waals surface area contributed by atoms with Crippen molar-refractivity contribution in [2.45, 2.75) is 38.2 Å². The minimum atomic E-state index is 0.510. The number of hydrogen-bond acceptors (Lipinski definition) is 4. The smallest absolute Gasteiger partial charge is 0.142 e. The first-order valence-electron chi connectivity index (χ1n) is 7.07. The summed E-state index contributed by atoms with van der Waals surface area (Å²) in [7, 11) is 0. The highest BCUT2D eigenvalue weighted by Gasteiger charge is 2.14. The fraction of sp³-hybridized carbons (Fsp3) is 0.571. The summed E-state index contributed by atoms with van der Waals surface area (Å²) >= 11 is 0. The molecule has 0 aromatic carbocycles. The van der Waals surface area contributed by atoms with E-state index in [4.69, 9.17) is 4.74 Å². The molecule has 0 aliphatic heterocycles. The first-order chi connectivity index (χ1) is 9.43. The predicted molar refractivity (Wildman–Crippen MR) is 75.2 cm³/mol. The van der Waals surface area contributed by atoms with E-state index in [1.165, 1.54) is 25.7 Å². The molecule has 1 fully saturated rings. The van der Waals surface area contributed by atoms with E-state index < -0.39 is 0 Å². The van der Waals surface area contributed by atoms with Gasteiger partial charge in [0.2, 0.25) is 0 Å². The summed E-state index contributed by atoms with van der Waals surface area (Å²) in [5.41, 5.74) is 0.875. The average Bonchev–Trinajstić information content (AvgIpc) is 3.09. The molecule has 2 heterocycles. The molecule has 5 nitrogen and oxygen atoms in total. The van der Waals surface area contributed by atoms with Gasteiger partial charge in [0.05, 0.1) is 11.5 Å². The summed E-state index contributed by atoms with van der Waals surface area (Å²) in [6.07, 6.45) is 10.1. The lowest BCUT2D eigenvalue weighted by Gasteiger charge is -2.11. The molecule has 0 atom stereocenters. The number of fused-ring (bicyclic) bond motifs is 1. The van der Waals surface area contributed by atoms with Gasteiger partial charge < -0.3 is 15.0 Å². The maximum Gasteiger partial charge on any atom is 0.142 e. The number of H-pyrrole nitrogens is 1. The van der Waals surface area contributed by atoms with E-state index in [0.29, 0.717) is 6.10 Å². The van der Waals surface area contributed by atoms with Gasteiger partial charge in [-0.25, -0.2) is 9.97 Å². The van der Waals surface area contributed by atoms with Gasteiger partial charge in [-0.05, 0) is 25.3 Å². The molecule has 0 radical (unpaired) electrons. The topological polar surface area (TPSA) is 62.8 Å². The molecule has 0 bridgehead atoms. The number of aromatic amines is 1. The van der Waals surface area contributed by atoms with Gasteiger partial charge >= 0.3 is 0 Å². The zero-order valence-electron chi connectivity index (χ0n) is 11.1. The van der Waals surface area contributed by atoms with Crippen molar-refractivity contribution >= 4 is 16.9 Å². The van der Waals surface area contributed by atoms with Crippen molar-refractivity contribution in [3.05, 3.63) is 18.6 Å². The third kappa shape index (κ3) is 3.04. The molecule has 2 aromatic heterocycles. The molecular formula is C14H20N4O. The van der Waals surface area contributed by atoms with Gasteiger partial charge in [-0.2, -0.15) is 0 Å². The van der Waals surface area contributed by atoms with Crippen molar-refractivity contribution in [1.82, 2.24) is 15.0 Å². The molecule has 1 aliphatic rings. The van der Waals surface area contributed by atoms with Crippen LogP contribution >= 0.6 is 0 Å². The van der Waals surface area contributed by atoms with Crippen LogP contribution in [-0.4, -0.2) is 34.2 Å². The van der Waals surface area contributed by atoms with Gasteiger partial charge in [-0.3, -0.25) is 0 Å². The van der Waals surface area contributed by atoms with E-state index in [1.54, 1.807) is 6.33 Å². The minimum absolute atomic E-state index is 0.510. The van der Waals surface area contributed by atoms with Crippen LogP contribution in [0.25, 0.3) is 11.0 Å². The van der Waals surface area contributed by atoms with Crippen LogP contribution in [0.15, 0.2) is 18.6 Å². The Morgan fingerprint density at radius 3 is 3.11 bits per heavy atom. The first-order valence-corrected chi connectivity index (χ1v) is 7.07. The van der Waals surface area contributed by atoms with Crippen LogP contribution in [0.4, 0.5) is 5.82 Å². The van der Waals surface area contributed by atoms with Crippen molar-refractivity contribution in [1.29, 1.82) is 0 Å². The van der Waals surface area contributed by atoms with Gasteiger partial charge in [0.25, 0.3) is 0 Å². The third-order valence-electron chi connectivity index (χ3n) is 3.62. The van der Waals surface area contributed by atoms with Gasteiger partial charge in [0, 0.05) is 19.3 Å². The second-order valence-electron chi connectivity index (χ2n) is 5.02. The Morgan fingerprint density at radius 2 is 2.21 bits per heavy atom. The number of aromatic nitrogens is 3. The SMILES string of the molecule is c1nc(NCCCOC2CCCC2)c2cc[nH]c2n1. The Hall–Kier alpha value is -1.62. The van der Waals surface area contributed by atoms with Gasteiger partial charge in [0.15, 0.2) is 0 Å². The Bertz CT molecular complexity index is 519. The molecule has 102 valence electrons. The molecule has 5 heteroatoms. The van der Waals surface area contributed by atoms with E-state index in [9.17, 15) is 0 Å². The van der Waals surface area contributed by atoms with Crippen LogP contribution in [-0.2, 0) is 4.74 Å². The lowest BCUT2D eigenvalue weighted by Crippen LogP contribution is -2.12. The van der Waals surface area contributed by atoms with Crippen LogP contribution in [0.1, 0.15) is 32.1 Å². The molecule has 1 aliphatic carbocycles. The Morgan fingerprint density at radius 1 is 1.32 bits per heavy atom. The summed E-state index contributed by atoms with van der Waals surface area (Å²) in [5, 5.41) is 4.39. The van der Waals surface area contributed by atoms with E-state index in [-0.39, 0.29) is 0 Å². The monoisotopic (exact) mass is 260 g/mol.